The van der Waals surface area contributed by atoms with Gasteiger partial charge in [0.1, 0.15) is 10.1 Å². The lowest BCUT2D eigenvalue weighted by molar-refractivity contribution is 0.573. The van der Waals surface area contributed by atoms with E-state index in [-0.39, 0.29) is 0 Å². The predicted octanol–water partition coefficient (Wildman–Crippen LogP) is 7.49. The zero-order valence-electron chi connectivity index (χ0n) is 29.0. The van der Waals surface area contributed by atoms with Gasteiger partial charge in [-0.15, -0.1) is 20.4 Å². The molecule has 12 nitrogen and oxygen atoms in total. The van der Waals surface area contributed by atoms with Gasteiger partial charge in [0.05, 0.1) is 48.0 Å². The van der Waals surface area contributed by atoms with E-state index in [9.17, 15) is 0 Å². The smallest absolute Gasteiger partial charge is 0.209 e. The first-order valence-electron chi connectivity index (χ1n) is 16.7. The van der Waals surface area contributed by atoms with E-state index in [4.69, 9.17) is 20.4 Å². The monoisotopic (exact) mass is 722 g/mol. The van der Waals surface area contributed by atoms with Gasteiger partial charge in [-0.25, -0.2) is 9.36 Å². The third kappa shape index (κ3) is 6.65. The summed E-state index contributed by atoms with van der Waals surface area (Å²) in [6.07, 6.45) is 3.63. The van der Waals surface area contributed by atoms with Crippen LogP contribution in [0.4, 0.5) is 0 Å². The van der Waals surface area contributed by atoms with Crippen LogP contribution in [0.2, 0.25) is 0 Å². The molecular weight excluding hydrogens is 689 g/mol. The van der Waals surface area contributed by atoms with Crippen LogP contribution in [0, 0.1) is 27.7 Å². The standard InChI is InChI=1S/C38H34N12S2/c1-25-13-11-19-33(27(25)3)49-37(31(21-39-49)35-41-45-47(43-35)23-29-15-7-5-8-16-29)51-52-38-32(22-40-50(38)34-20-12-14-26(2)28(34)4)36-42-46-48(44-36)24-30-17-9-6-10-18-30/h5-22H,23-24H2,1-4H3. The van der Waals surface area contributed by atoms with Gasteiger partial charge in [0.15, 0.2) is 0 Å². The highest BCUT2D eigenvalue weighted by Crippen LogP contribution is 2.46. The van der Waals surface area contributed by atoms with E-state index >= 15 is 0 Å². The van der Waals surface area contributed by atoms with E-state index in [1.165, 1.54) is 11.1 Å². The topological polar surface area (TPSA) is 123 Å². The van der Waals surface area contributed by atoms with Crippen LogP contribution in [0.5, 0.6) is 0 Å². The summed E-state index contributed by atoms with van der Waals surface area (Å²) in [5.41, 5.74) is 10.3. The van der Waals surface area contributed by atoms with Gasteiger partial charge in [-0.1, -0.05) is 84.9 Å². The Morgan fingerprint density at radius 2 is 0.923 bits per heavy atom. The number of aromatic nitrogens is 12. The predicted molar refractivity (Wildman–Crippen MR) is 202 cm³/mol. The van der Waals surface area contributed by atoms with Crippen molar-refractivity contribution in [3.8, 4) is 34.2 Å². The van der Waals surface area contributed by atoms with Gasteiger partial charge in [0.2, 0.25) is 11.6 Å². The summed E-state index contributed by atoms with van der Waals surface area (Å²) in [7, 11) is 3.10. The summed E-state index contributed by atoms with van der Waals surface area (Å²) in [4.78, 5) is 3.22. The molecule has 4 heterocycles. The molecule has 0 bridgehead atoms. The minimum absolute atomic E-state index is 0.490. The van der Waals surface area contributed by atoms with Crippen LogP contribution in [0.15, 0.2) is 120 Å². The molecule has 4 aromatic heterocycles. The molecule has 0 aliphatic heterocycles. The Kier molecular flexibility index (Phi) is 9.22. The van der Waals surface area contributed by atoms with Crippen molar-refractivity contribution in [3.05, 3.63) is 143 Å². The first-order valence-corrected chi connectivity index (χ1v) is 18.9. The molecule has 14 heteroatoms. The van der Waals surface area contributed by atoms with Gasteiger partial charge in [0.25, 0.3) is 0 Å². The zero-order valence-corrected chi connectivity index (χ0v) is 30.6. The number of rotatable bonds is 11. The Labute approximate surface area is 308 Å². The van der Waals surface area contributed by atoms with Crippen LogP contribution in [-0.2, 0) is 13.1 Å². The lowest BCUT2D eigenvalue weighted by Crippen LogP contribution is -2.04. The van der Waals surface area contributed by atoms with Crippen molar-refractivity contribution < 1.29 is 0 Å². The minimum atomic E-state index is 0.490. The lowest BCUT2D eigenvalue weighted by Gasteiger charge is -2.14. The SMILES string of the molecule is Cc1cccc(-n2ncc(-c3nnn(Cc4ccccc4)n3)c2SSc2c(-c3nnn(Cc4ccccc4)n3)cnn2-c2cccc(C)c2C)c1C. The Balaban J connectivity index is 1.20. The first kappa shape index (κ1) is 33.3. The average molecular weight is 723 g/mol. The summed E-state index contributed by atoms with van der Waals surface area (Å²) in [5, 5.41) is 38.8. The molecule has 0 atom stereocenters. The van der Waals surface area contributed by atoms with Crippen LogP contribution < -0.4 is 0 Å². The normalized spacial score (nSPS) is 11.4. The fraction of sp³-hybridized carbons (Fsp3) is 0.158. The van der Waals surface area contributed by atoms with Crippen molar-refractivity contribution in [2.45, 2.75) is 50.8 Å². The number of tetrazole rings is 2. The Bertz CT molecular complexity index is 2310. The molecule has 0 fully saturated rings. The van der Waals surface area contributed by atoms with Crippen LogP contribution in [0.1, 0.15) is 33.4 Å². The average Bonchev–Trinajstić information content (AvgIpc) is 3.98. The quantitative estimate of drug-likeness (QED) is 0.124. The van der Waals surface area contributed by atoms with Crippen molar-refractivity contribution in [2.24, 2.45) is 0 Å². The maximum Gasteiger partial charge on any atom is 0.209 e. The molecule has 8 aromatic rings. The molecule has 52 heavy (non-hydrogen) atoms. The summed E-state index contributed by atoms with van der Waals surface area (Å²) in [5.74, 6) is 0.980. The Hall–Kier alpha value is -5.86. The minimum Gasteiger partial charge on any atom is -0.225 e. The van der Waals surface area contributed by atoms with Gasteiger partial charge in [0, 0.05) is 0 Å². The van der Waals surface area contributed by atoms with Crippen molar-refractivity contribution >= 4 is 21.6 Å². The molecule has 0 aliphatic carbocycles. The van der Waals surface area contributed by atoms with Gasteiger partial charge >= 0.3 is 0 Å². The Morgan fingerprint density at radius 1 is 0.500 bits per heavy atom. The highest BCUT2D eigenvalue weighted by Gasteiger charge is 2.25. The molecule has 4 aromatic carbocycles. The molecule has 0 N–H and O–H groups in total. The number of aryl methyl sites for hydroxylation is 2. The second-order valence-electron chi connectivity index (χ2n) is 12.4. The number of hydrogen-bond donors (Lipinski definition) is 0. The highest BCUT2D eigenvalue weighted by molar-refractivity contribution is 8.76. The molecule has 8 rings (SSSR count). The van der Waals surface area contributed by atoms with Crippen LogP contribution in [0.25, 0.3) is 34.2 Å². The largest absolute Gasteiger partial charge is 0.225 e. The number of benzene rings is 4. The molecule has 0 radical (unpaired) electrons. The zero-order chi connectivity index (χ0) is 35.6. The molecular formula is C38H34N12S2. The van der Waals surface area contributed by atoms with Gasteiger partial charge in [-0.2, -0.15) is 19.8 Å². The molecule has 0 amide bonds. The molecule has 258 valence electrons. The van der Waals surface area contributed by atoms with Crippen molar-refractivity contribution in [1.82, 2.24) is 60.0 Å². The van der Waals surface area contributed by atoms with Crippen LogP contribution >= 0.6 is 21.6 Å². The molecule has 0 unspecified atom stereocenters. The lowest BCUT2D eigenvalue weighted by atomic mass is 10.1. The first-order chi connectivity index (χ1) is 25.4. The third-order valence-corrected chi connectivity index (χ3v) is 11.4. The van der Waals surface area contributed by atoms with E-state index in [1.54, 1.807) is 31.2 Å². The summed E-state index contributed by atoms with van der Waals surface area (Å²) in [6, 6.07) is 32.7. The van der Waals surface area contributed by atoms with E-state index in [2.05, 4.69) is 72.6 Å². The highest BCUT2D eigenvalue weighted by atomic mass is 33.1. The number of hydrogen-bond acceptors (Lipinski definition) is 10. The Morgan fingerprint density at radius 3 is 1.35 bits per heavy atom. The number of nitrogens with zero attached hydrogens (tertiary/aromatic N) is 12. The fourth-order valence-corrected chi connectivity index (χ4v) is 8.32. The molecule has 0 spiro atoms. The van der Waals surface area contributed by atoms with Gasteiger partial charge in [-0.05, 0) is 105 Å². The van der Waals surface area contributed by atoms with E-state index in [1.807, 2.05) is 94.6 Å². The second kappa shape index (κ2) is 14.4. The maximum absolute atomic E-state index is 4.89. The van der Waals surface area contributed by atoms with Crippen LogP contribution in [-0.4, -0.2) is 60.0 Å². The van der Waals surface area contributed by atoms with E-state index < -0.39 is 0 Å². The molecule has 0 aliphatic rings. The van der Waals surface area contributed by atoms with E-state index in [0.29, 0.717) is 24.7 Å². The van der Waals surface area contributed by atoms with Crippen molar-refractivity contribution in [3.63, 3.8) is 0 Å². The van der Waals surface area contributed by atoms with Crippen LogP contribution in [0.3, 0.4) is 0 Å². The van der Waals surface area contributed by atoms with Crippen molar-refractivity contribution in [1.29, 1.82) is 0 Å². The second-order valence-corrected chi connectivity index (χ2v) is 14.5. The molecule has 0 saturated carbocycles. The third-order valence-electron chi connectivity index (χ3n) is 8.98. The van der Waals surface area contributed by atoms with Crippen molar-refractivity contribution in [2.75, 3.05) is 0 Å². The van der Waals surface area contributed by atoms with Gasteiger partial charge < -0.3 is 0 Å². The summed E-state index contributed by atoms with van der Waals surface area (Å²) >= 11 is 0. The molecule has 0 saturated heterocycles. The summed E-state index contributed by atoms with van der Waals surface area (Å²) < 4.78 is 3.92. The van der Waals surface area contributed by atoms with E-state index in [0.717, 1.165) is 54.8 Å². The van der Waals surface area contributed by atoms with Gasteiger partial charge in [-0.3, -0.25) is 0 Å². The fourth-order valence-electron chi connectivity index (χ4n) is 5.82. The maximum atomic E-state index is 4.89. The summed E-state index contributed by atoms with van der Waals surface area (Å²) in [6.45, 7) is 9.45.